The Morgan fingerprint density at radius 2 is 1.89 bits per heavy atom. The number of benzene rings is 2. The number of hydrogen-bond acceptors (Lipinski definition) is 4. The van der Waals surface area contributed by atoms with Crippen LogP contribution in [0.2, 0.25) is 10.2 Å². The molecule has 6 nitrogen and oxygen atoms in total. The highest BCUT2D eigenvalue weighted by atomic mass is 35.5. The van der Waals surface area contributed by atoms with E-state index >= 15 is 0 Å². The molecule has 0 atom stereocenters. The van der Waals surface area contributed by atoms with E-state index in [1.165, 1.54) is 23.0 Å². The van der Waals surface area contributed by atoms with Crippen LogP contribution in [0.15, 0.2) is 53.6 Å². The highest BCUT2D eigenvalue weighted by Crippen LogP contribution is 2.22. The third-order valence-corrected chi connectivity index (χ3v) is 4.30. The molecule has 0 unspecified atom stereocenters. The summed E-state index contributed by atoms with van der Waals surface area (Å²) in [6.45, 7) is 1.54. The molecule has 0 fully saturated rings. The molecule has 1 amide bonds. The fourth-order valence-electron chi connectivity index (χ4n) is 2.29. The first-order valence-corrected chi connectivity index (χ1v) is 8.91. The molecule has 1 aromatic heterocycles. The smallest absolute Gasteiger partial charge is 0.277 e. The van der Waals surface area contributed by atoms with Gasteiger partial charge in [0.25, 0.3) is 5.91 Å². The maximum Gasteiger partial charge on any atom is 0.277 e. The Morgan fingerprint density at radius 3 is 2.57 bits per heavy atom. The van der Waals surface area contributed by atoms with Gasteiger partial charge in [0.05, 0.1) is 23.2 Å². The monoisotopic (exact) mass is 420 g/mol. The maximum atomic E-state index is 13.1. The number of rotatable bonds is 6. The van der Waals surface area contributed by atoms with Crippen LogP contribution in [0.25, 0.3) is 5.69 Å². The lowest BCUT2D eigenvalue weighted by Crippen LogP contribution is -2.24. The fraction of sp³-hybridized carbons (Fsp3) is 0.105. The topological polar surface area (TPSA) is 68.5 Å². The molecule has 0 aliphatic heterocycles. The van der Waals surface area contributed by atoms with Gasteiger partial charge in [-0.05, 0) is 55.5 Å². The normalized spacial score (nSPS) is 11.0. The van der Waals surface area contributed by atoms with E-state index < -0.39 is 5.91 Å². The Morgan fingerprint density at radius 1 is 1.21 bits per heavy atom. The van der Waals surface area contributed by atoms with Gasteiger partial charge in [-0.15, -0.1) is 0 Å². The number of hydrazone groups is 1. The standard InChI is InChI=1S/C19H15Cl2FN4O2/c1-12-17(19(21)26(25-12)15-6-4-14(22)5-7-15)10-23-24-18(27)11-28-16-8-2-13(20)3-9-16/h2-10H,11H2,1H3,(H,24,27)/b23-10+. The highest BCUT2D eigenvalue weighted by Gasteiger charge is 2.13. The minimum atomic E-state index is -0.439. The number of carbonyl (C=O) groups excluding carboxylic acids is 1. The van der Waals surface area contributed by atoms with Crippen LogP contribution in [0.1, 0.15) is 11.3 Å². The van der Waals surface area contributed by atoms with Crippen molar-refractivity contribution < 1.29 is 13.9 Å². The third kappa shape index (κ3) is 4.88. The maximum absolute atomic E-state index is 13.1. The van der Waals surface area contributed by atoms with E-state index in [0.29, 0.717) is 32.9 Å². The molecular weight excluding hydrogens is 406 g/mol. The first kappa shape index (κ1) is 19.9. The van der Waals surface area contributed by atoms with Gasteiger partial charge in [0.2, 0.25) is 0 Å². The molecule has 1 N–H and O–H groups in total. The molecule has 0 bridgehead atoms. The van der Waals surface area contributed by atoms with Crippen molar-refractivity contribution in [2.75, 3.05) is 6.61 Å². The molecule has 3 rings (SSSR count). The quantitative estimate of drug-likeness (QED) is 0.480. The zero-order chi connectivity index (χ0) is 20.1. The van der Waals surface area contributed by atoms with Crippen LogP contribution in [0.4, 0.5) is 4.39 Å². The lowest BCUT2D eigenvalue weighted by molar-refractivity contribution is -0.123. The Kier molecular flexibility index (Phi) is 6.28. The number of aryl methyl sites for hydroxylation is 1. The first-order valence-electron chi connectivity index (χ1n) is 8.15. The number of halogens is 3. The summed E-state index contributed by atoms with van der Waals surface area (Å²) in [6, 6.07) is 12.4. The molecule has 0 saturated carbocycles. The van der Waals surface area contributed by atoms with Crippen LogP contribution >= 0.6 is 23.2 Å². The van der Waals surface area contributed by atoms with Crippen molar-refractivity contribution in [2.45, 2.75) is 6.92 Å². The van der Waals surface area contributed by atoms with Gasteiger partial charge in [0, 0.05) is 5.02 Å². The molecule has 2 aromatic carbocycles. The number of nitrogens with zero attached hydrogens (tertiary/aromatic N) is 3. The summed E-state index contributed by atoms with van der Waals surface area (Å²) in [5.41, 5.74) is 4.10. The summed E-state index contributed by atoms with van der Waals surface area (Å²) >= 11 is 12.1. The second kappa shape index (κ2) is 8.86. The molecule has 0 spiro atoms. The van der Waals surface area contributed by atoms with E-state index in [9.17, 15) is 9.18 Å². The molecule has 9 heteroatoms. The molecule has 0 aliphatic carbocycles. The first-order chi connectivity index (χ1) is 13.4. The van der Waals surface area contributed by atoms with E-state index in [1.54, 1.807) is 43.3 Å². The number of aromatic nitrogens is 2. The van der Waals surface area contributed by atoms with Crippen LogP contribution in [0, 0.1) is 12.7 Å². The molecule has 1 heterocycles. The predicted molar refractivity (Wildman–Crippen MR) is 106 cm³/mol. The number of hydrogen-bond donors (Lipinski definition) is 1. The SMILES string of the molecule is Cc1nn(-c2ccc(F)cc2)c(Cl)c1/C=N/NC(=O)COc1ccc(Cl)cc1. The number of ether oxygens (including phenoxy) is 1. The lowest BCUT2D eigenvalue weighted by atomic mass is 10.3. The zero-order valence-corrected chi connectivity index (χ0v) is 16.2. The van der Waals surface area contributed by atoms with Gasteiger partial charge in [-0.3, -0.25) is 4.79 Å². The summed E-state index contributed by atoms with van der Waals surface area (Å²) in [7, 11) is 0. The average molecular weight is 421 g/mol. The Labute approximate surface area is 170 Å². The molecular formula is C19H15Cl2FN4O2. The fourth-order valence-corrected chi connectivity index (χ4v) is 2.74. The van der Waals surface area contributed by atoms with Crippen molar-refractivity contribution in [1.29, 1.82) is 0 Å². The van der Waals surface area contributed by atoms with Crippen molar-refractivity contribution in [1.82, 2.24) is 15.2 Å². The van der Waals surface area contributed by atoms with Crippen molar-refractivity contribution in [3.63, 3.8) is 0 Å². The van der Waals surface area contributed by atoms with E-state index in [-0.39, 0.29) is 12.4 Å². The van der Waals surface area contributed by atoms with Gasteiger partial charge in [0.1, 0.15) is 16.7 Å². The Balaban J connectivity index is 1.61. The van der Waals surface area contributed by atoms with Gasteiger partial charge >= 0.3 is 0 Å². The molecule has 3 aromatic rings. The van der Waals surface area contributed by atoms with Crippen molar-refractivity contribution in [3.8, 4) is 11.4 Å². The second-order valence-electron chi connectivity index (χ2n) is 5.71. The van der Waals surface area contributed by atoms with Crippen LogP contribution in [0.3, 0.4) is 0 Å². The molecule has 144 valence electrons. The molecule has 28 heavy (non-hydrogen) atoms. The number of amides is 1. The minimum Gasteiger partial charge on any atom is -0.484 e. The predicted octanol–water partition coefficient (Wildman–Crippen LogP) is 4.16. The van der Waals surface area contributed by atoms with Gasteiger partial charge in [-0.1, -0.05) is 23.2 Å². The average Bonchev–Trinajstić information content (AvgIpc) is 2.96. The van der Waals surface area contributed by atoms with E-state index in [1.807, 2.05) is 0 Å². The van der Waals surface area contributed by atoms with Gasteiger partial charge in [0.15, 0.2) is 6.61 Å². The Bertz CT molecular complexity index is 1000. The van der Waals surface area contributed by atoms with Crippen molar-refractivity contribution in [3.05, 3.63) is 75.8 Å². The largest absolute Gasteiger partial charge is 0.484 e. The minimum absolute atomic E-state index is 0.208. The second-order valence-corrected chi connectivity index (χ2v) is 6.51. The van der Waals surface area contributed by atoms with Crippen LogP contribution in [-0.4, -0.2) is 28.5 Å². The van der Waals surface area contributed by atoms with E-state index in [0.717, 1.165) is 0 Å². The summed E-state index contributed by atoms with van der Waals surface area (Å²) < 4.78 is 19.9. The van der Waals surface area contributed by atoms with E-state index in [2.05, 4.69) is 15.6 Å². The Hall–Kier alpha value is -2.90. The summed E-state index contributed by atoms with van der Waals surface area (Å²) in [5, 5.41) is 9.07. The van der Waals surface area contributed by atoms with Crippen molar-refractivity contribution in [2.24, 2.45) is 5.10 Å². The zero-order valence-electron chi connectivity index (χ0n) is 14.7. The lowest BCUT2D eigenvalue weighted by Gasteiger charge is -2.04. The number of carbonyl (C=O) groups is 1. The highest BCUT2D eigenvalue weighted by molar-refractivity contribution is 6.32. The van der Waals surface area contributed by atoms with Gasteiger partial charge in [-0.2, -0.15) is 10.2 Å². The number of nitrogens with one attached hydrogen (secondary N) is 1. The van der Waals surface area contributed by atoms with Gasteiger partial charge in [-0.25, -0.2) is 14.5 Å². The van der Waals surface area contributed by atoms with Crippen molar-refractivity contribution >= 4 is 35.3 Å². The van der Waals surface area contributed by atoms with Gasteiger partial charge < -0.3 is 4.74 Å². The summed E-state index contributed by atoms with van der Waals surface area (Å²) in [4.78, 5) is 11.8. The van der Waals surface area contributed by atoms with Crippen LogP contribution < -0.4 is 10.2 Å². The summed E-state index contributed by atoms with van der Waals surface area (Å²) in [6.07, 6.45) is 1.39. The summed E-state index contributed by atoms with van der Waals surface area (Å²) in [5.74, 6) is -0.275. The van der Waals surface area contributed by atoms with Crippen LogP contribution in [0.5, 0.6) is 5.75 Å². The van der Waals surface area contributed by atoms with E-state index in [4.69, 9.17) is 27.9 Å². The van der Waals surface area contributed by atoms with Crippen LogP contribution in [-0.2, 0) is 4.79 Å². The third-order valence-electron chi connectivity index (χ3n) is 3.69. The molecule has 0 aliphatic rings. The molecule has 0 radical (unpaired) electrons. The molecule has 0 saturated heterocycles.